The summed E-state index contributed by atoms with van der Waals surface area (Å²) < 4.78 is 2.25. The average Bonchev–Trinajstić information content (AvgIpc) is 3.07. The minimum Gasteiger partial charge on any atom is -0.311 e. The van der Waals surface area contributed by atoms with Crippen molar-refractivity contribution in [1.82, 2.24) is 19.6 Å². The number of hydrogen-bond donors (Lipinski definition) is 1. The van der Waals surface area contributed by atoms with Gasteiger partial charge in [-0.1, -0.05) is 0 Å². The molecule has 3 rings (SSSR count). The highest BCUT2D eigenvalue weighted by Gasteiger charge is 2.23. The lowest BCUT2D eigenvalue weighted by Crippen LogP contribution is -2.30. The lowest BCUT2D eigenvalue weighted by Gasteiger charge is -2.20. The minimum absolute atomic E-state index is 0.681. The molecular weight excluding hydrogens is 280 g/mol. The van der Waals surface area contributed by atoms with Gasteiger partial charge in [-0.3, -0.25) is 4.40 Å². The maximum absolute atomic E-state index is 4.65. The van der Waals surface area contributed by atoms with Crippen LogP contribution in [0.1, 0.15) is 36.5 Å². The zero-order valence-corrected chi connectivity index (χ0v) is 14.3. The Kier molecular flexibility index (Phi) is 4.33. The van der Waals surface area contributed by atoms with Crippen LogP contribution in [0.15, 0.2) is 6.20 Å². The van der Waals surface area contributed by atoms with Crippen molar-refractivity contribution in [2.45, 2.75) is 46.7 Å². The zero-order chi connectivity index (χ0) is 15.0. The normalized spacial score (nSPS) is 20.1. The molecule has 1 saturated heterocycles. The molecule has 3 heterocycles. The lowest BCUT2D eigenvalue weighted by atomic mass is 10.1. The Bertz CT molecular complexity index is 613. The van der Waals surface area contributed by atoms with Crippen molar-refractivity contribution in [2.75, 3.05) is 19.6 Å². The molecule has 4 nitrogen and oxygen atoms in total. The van der Waals surface area contributed by atoms with Gasteiger partial charge in [0.2, 0.25) is 0 Å². The molecule has 5 heteroatoms. The number of aromatic nitrogens is 2. The fraction of sp³-hybridized carbons (Fsp3) is 0.688. The average molecular weight is 306 g/mol. The third kappa shape index (κ3) is 3.15. The van der Waals surface area contributed by atoms with Crippen molar-refractivity contribution in [3.8, 4) is 0 Å². The van der Waals surface area contributed by atoms with Crippen LogP contribution in [0, 0.1) is 19.8 Å². The highest BCUT2D eigenvalue weighted by molar-refractivity contribution is 7.17. The van der Waals surface area contributed by atoms with E-state index in [-0.39, 0.29) is 0 Å². The number of imidazole rings is 1. The summed E-state index contributed by atoms with van der Waals surface area (Å²) in [6.07, 6.45) is 3.52. The molecule has 0 aliphatic carbocycles. The highest BCUT2D eigenvalue weighted by Crippen LogP contribution is 2.21. The van der Waals surface area contributed by atoms with Crippen LogP contribution in [-0.4, -0.2) is 40.0 Å². The van der Waals surface area contributed by atoms with Crippen LogP contribution < -0.4 is 5.32 Å². The summed E-state index contributed by atoms with van der Waals surface area (Å²) in [6, 6.07) is 0.681. The number of likely N-dealkylation sites (tertiary alicyclic amines) is 1. The van der Waals surface area contributed by atoms with Crippen molar-refractivity contribution in [2.24, 2.45) is 5.92 Å². The van der Waals surface area contributed by atoms with E-state index in [1.807, 2.05) is 0 Å². The second-order valence-electron chi connectivity index (χ2n) is 6.51. The van der Waals surface area contributed by atoms with Gasteiger partial charge >= 0.3 is 0 Å². The van der Waals surface area contributed by atoms with E-state index < -0.39 is 0 Å². The van der Waals surface area contributed by atoms with Crippen LogP contribution >= 0.6 is 11.3 Å². The molecule has 2 aromatic rings. The van der Waals surface area contributed by atoms with E-state index in [4.69, 9.17) is 0 Å². The van der Waals surface area contributed by atoms with E-state index in [9.17, 15) is 0 Å². The monoisotopic (exact) mass is 306 g/mol. The number of fused-ring (bicyclic) bond motifs is 1. The van der Waals surface area contributed by atoms with Gasteiger partial charge in [0.15, 0.2) is 4.96 Å². The van der Waals surface area contributed by atoms with Crippen LogP contribution in [0.25, 0.3) is 4.96 Å². The number of rotatable bonds is 5. The molecule has 1 unspecified atom stereocenters. The van der Waals surface area contributed by atoms with Gasteiger partial charge in [-0.25, -0.2) is 4.98 Å². The van der Waals surface area contributed by atoms with Gasteiger partial charge in [0.05, 0.1) is 11.4 Å². The van der Waals surface area contributed by atoms with Gasteiger partial charge in [-0.15, -0.1) is 11.3 Å². The summed E-state index contributed by atoms with van der Waals surface area (Å²) >= 11 is 1.77. The first-order valence-corrected chi connectivity index (χ1v) is 8.75. The van der Waals surface area contributed by atoms with Gasteiger partial charge in [-0.2, -0.15) is 0 Å². The van der Waals surface area contributed by atoms with Crippen molar-refractivity contribution >= 4 is 16.3 Å². The summed E-state index contributed by atoms with van der Waals surface area (Å²) in [5, 5.41) is 3.65. The Morgan fingerprint density at radius 1 is 1.43 bits per heavy atom. The molecule has 0 spiro atoms. The first-order valence-electron chi connectivity index (χ1n) is 7.93. The number of nitrogens with zero attached hydrogens (tertiary/aromatic N) is 3. The Balaban J connectivity index is 1.56. The van der Waals surface area contributed by atoms with E-state index in [0.29, 0.717) is 6.04 Å². The molecule has 2 aromatic heterocycles. The highest BCUT2D eigenvalue weighted by atomic mass is 32.1. The van der Waals surface area contributed by atoms with Crippen molar-refractivity contribution in [1.29, 1.82) is 0 Å². The minimum atomic E-state index is 0.681. The number of thiazole rings is 1. The maximum atomic E-state index is 4.65. The molecular formula is C16H26N4S. The molecule has 1 N–H and O–H groups in total. The second kappa shape index (κ2) is 6.07. The topological polar surface area (TPSA) is 32.6 Å². The SMILES string of the molecule is Cc1cn2c(CNCC3CCN(C(C)C)C3)c(C)nc2s1. The summed E-state index contributed by atoms with van der Waals surface area (Å²) in [7, 11) is 0. The van der Waals surface area contributed by atoms with Crippen LogP contribution in [0.4, 0.5) is 0 Å². The standard InChI is InChI=1S/C16H26N4S/c1-11(2)19-6-5-14(10-19)7-17-8-15-13(4)18-16-20(15)9-12(3)21-16/h9,11,14,17H,5-8,10H2,1-4H3. The van der Waals surface area contributed by atoms with Gasteiger partial charge in [0.1, 0.15) is 0 Å². The number of aryl methyl sites for hydroxylation is 2. The molecule has 21 heavy (non-hydrogen) atoms. The molecule has 1 aliphatic heterocycles. The van der Waals surface area contributed by atoms with Gasteiger partial charge in [0.25, 0.3) is 0 Å². The number of nitrogens with one attached hydrogen (secondary N) is 1. The maximum Gasteiger partial charge on any atom is 0.194 e. The Morgan fingerprint density at radius 2 is 2.24 bits per heavy atom. The molecule has 0 amide bonds. The van der Waals surface area contributed by atoms with E-state index in [1.54, 1.807) is 11.3 Å². The summed E-state index contributed by atoms with van der Waals surface area (Å²) in [5.41, 5.74) is 2.47. The van der Waals surface area contributed by atoms with E-state index >= 15 is 0 Å². The molecule has 1 fully saturated rings. The lowest BCUT2D eigenvalue weighted by molar-refractivity contribution is 0.264. The summed E-state index contributed by atoms with van der Waals surface area (Å²) in [6.45, 7) is 13.4. The van der Waals surface area contributed by atoms with Crippen LogP contribution in [-0.2, 0) is 6.54 Å². The van der Waals surface area contributed by atoms with Crippen molar-refractivity contribution in [3.05, 3.63) is 22.5 Å². The molecule has 116 valence electrons. The third-order valence-corrected chi connectivity index (χ3v) is 5.41. The van der Waals surface area contributed by atoms with E-state index in [0.717, 1.165) is 29.7 Å². The van der Waals surface area contributed by atoms with Gasteiger partial charge < -0.3 is 10.2 Å². The largest absolute Gasteiger partial charge is 0.311 e. The van der Waals surface area contributed by atoms with Gasteiger partial charge in [-0.05, 0) is 53.1 Å². The molecule has 0 radical (unpaired) electrons. The fourth-order valence-corrected chi connectivity index (χ4v) is 4.10. The molecule has 0 bridgehead atoms. The second-order valence-corrected chi connectivity index (χ2v) is 7.73. The van der Waals surface area contributed by atoms with E-state index in [2.05, 4.69) is 53.5 Å². The predicted octanol–water partition coefficient (Wildman–Crippen LogP) is 2.83. The first-order chi connectivity index (χ1) is 10.0. The molecule has 1 aliphatic rings. The molecule has 0 aromatic carbocycles. The summed E-state index contributed by atoms with van der Waals surface area (Å²) in [4.78, 5) is 9.67. The smallest absolute Gasteiger partial charge is 0.194 e. The van der Waals surface area contributed by atoms with E-state index in [1.165, 1.54) is 30.1 Å². The first kappa shape index (κ1) is 15.0. The molecule has 0 saturated carbocycles. The Hall–Kier alpha value is -0.910. The number of hydrogen-bond acceptors (Lipinski definition) is 4. The quantitative estimate of drug-likeness (QED) is 0.922. The Morgan fingerprint density at radius 3 is 2.95 bits per heavy atom. The predicted molar refractivity (Wildman–Crippen MR) is 89.1 cm³/mol. The van der Waals surface area contributed by atoms with Crippen LogP contribution in [0.5, 0.6) is 0 Å². The Labute approximate surface area is 131 Å². The van der Waals surface area contributed by atoms with Gasteiger partial charge in [0, 0.05) is 30.2 Å². The van der Waals surface area contributed by atoms with Crippen molar-refractivity contribution < 1.29 is 0 Å². The van der Waals surface area contributed by atoms with Crippen molar-refractivity contribution in [3.63, 3.8) is 0 Å². The van der Waals surface area contributed by atoms with Crippen LogP contribution in [0.3, 0.4) is 0 Å². The fourth-order valence-electron chi connectivity index (χ4n) is 3.21. The van der Waals surface area contributed by atoms with Crippen LogP contribution in [0.2, 0.25) is 0 Å². The third-order valence-electron chi connectivity index (χ3n) is 4.51. The summed E-state index contributed by atoms with van der Waals surface area (Å²) in [5.74, 6) is 0.792. The zero-order valence-electron chi connectivity index (χ0n) is 13.5. The molecule has 1 atom stereocenters.